The molecule has 2 unspecified atom stereocenters. The molecular weight excluding hydrogens is 456 g/mol. The van der Waals surface area contributed by atoms with Gasteiger partial charge in [-0.25, -0.2) is 0 Å². The van der Waals surface area contributed by atoms with Crippen molar-refractivity contribution >= 4 is 11.8 Å². The maximum absolute atomic E-state index is 14.0. The summed E-state index contributed by atoms with van der Waals surface area (Å²) < 4.78 is 0. The molecule has 1 N–H and O–H groups in total. The number of benzene rings is 2. The van der Waals surface area contributed by atoms with E-state index in [2.05, 4.69) is 49.5 Å². The van der Waals surface area contributed by atoms with Gasteiger partial charge >= 0.3 is 0 Å². The maximum Gasteiger partial charge on any atom is 0.246 e. The monoisotopic (exact) mass is 496 g/mol. The van der Waals surface area contributed by atoms with Crippen LogP contribution in [0, 0.1) is 34.5 Å². The van der Waals surface area contributed by atoms with E-state index >= 15 is 0 Å². The van der Waals surface area contributed by atoms with Crippen LogP contribution >= 0.6 is 0 Å². The number of fused-ring (bicyclic) bond motifs is 5. The molecule has 0 aromatic heterocycles. The van der Waals surface area contributed by atoms with Gasteiger partial charge in [0, 0.05) is 24.4 Å². The van der Waals surface area contributed by atoms with Crippen LogP contribution in [-0.4, -0.2) is 29.8 Å². The number of nitrogens with one attached hydrogen (secondary N) is 1. The second kappa shape index (κ2) is 9.15. The van der Waals surface area contributed by atoms with Gasteiger partial charge in [-0.05, 0) is 78.9 Å². The molecule has 4 aliphatic rings. The molecular formula is C33H40N2O2. The van der Waals surface area contributed by atoms with Crippen LogP contribution in [0.5, 0.6) is 0 Å². The molecule has 1 heterocycles. The summed E-state index contributed by atoms with van der Waals surface area (Å²) in [6, 6.07) is 20.9. The molecule has 4 nitrogen and oxygen atoms in total. The highest BCUT2D eigenvalue weighted by Gasteiger charge is 2.61. The zero-order valence-electron chi connectivity index (χ0n) is 22.4. The highest BCUT2D eigenvalue weighted by atomic mass is 16.2. The van der Waals surface area contributed by atoms with E-state index in [1.807, 2.05) is 54.4 Å². The molecule has 194 valence electrons. The number of rotatable bonds is 4. The molecule has 0 saturated heterocycles. The molecule has 2 aromatic rings. The largest absolute Gasteiger partial charge is 0.345 e. The molecule has 0 bridgehead atoms. The first-order chi connectivity index (χ1) is 17.8. The Balaban J connectivity index is 1.25. The third-order valence-electron chi connectivity index (χ3n) is 11.0. The van der Waals surface area contributed by atoms with E-state index in [0.29, 0.717) is 23.8 Å². The lowest BCUT2D eigenvalue weighted by Gasteiger charge is -2.60. The minimum absolute atomic E-state index is 0.0342. The van der Waals surface area contributed by atoms with Crippen LogP contribution in [0.3, 0.4) is 0 Å². The highest BCUT2D eigenvalue weighted by Crippen LogP contribution is 2.65. The molecule has 2 aromatic carbocycles. The fraction of sp³-hybridized carbons (Fsp3) is 0.515. The summed E-state index contributed by atoms with van der Waals surface area (Å²) in [7, 11) is 1.98. The third kappa shape index (κ3) is 3.86. The smallest absolute Gasteiger partial charge is 0.246 e. The average Bonchev–Trinajstić information content (AvgIpc) is 3.28. The molecule has 7 atom stereocenters. The first-order valence-corrected chi connectivity index (χ1v) is 14.2. The van der Waals surface area contributed by atoms with Crippen LogP contribution in [0.25, 0.3) is 0 Å². The normalized spacial score (nSPS) is 36.6. The van der Waals surface area contributed by atoms with Gasteiger partial charge in [-0.1, -0.05) is 80.6 Å². The van der Waals surface area contributed by atoms with Crippen LogP contribution in [0.15, 0.2) is 72.8 Å². The van der Waals surface area contributed by atoms with Crippen molar-refractivity contribution in [1.29, 1.82) is 0 Å². The van der Waals surface area contributed by atoms with Gasteiger partial charge in [0.15, 0.2) is 0 Å². The number of hydrogen-bond donors (Lipinski definition) is 1. The lowest BCUT2D eigenvalue weighted by molar-refractivity contribution is -0.142. The summed E-state index contributed by atoms with van der Waals surface area (Å²) in [4.78, 5) is 28.4. The molecule has 37 heavy (non-hydrogen) atoms. The van der Waals surface area contributed by atoms with E-state index in [-0.39, 0.29) is 34.6 Å². The van der Waals surface area contributed by atoms with Crippen molar-refractivity contribution in [2.75, 3.05) is 7.05 Å². The Morgan fingerprint density at radius 1 is 0.892 bits per heavy atom. The molecule has 3 saturated carbocycles. The predicted molar refractivity (Wildman–Crippen MR) is 146 cm³/mol. The van der Waals surface area contributed by atoms with Gasteiger partial charge < -0.3 is 10.2 Å². The lowest BCUT2D eigenvalue weighted by atomic mass is 9.47. The van der Waals surface area contributed by atoms with Gasteiger partial charge in [-0.15, -0.1) is 0 Å². The second-order valence-electron chi connectivity index (χ2n) is 12.6. The van der Waals surface area contributed by atoms with Gasteiger partial charge in [-0.3, -0.25) is 9.59 Å². The minimum atomic E-state index is -0.135. The number of likely N-dealkylation sites (N-methyl/N-ethyl adjacent to an activating group) is 1. The number of hydrogen-bond acceptors (Lipinski definition) is 2. The number of carbonyl (C=O) groups excluding carboxylic acids is 2. The Labute approximate surface area is 221 Å². The number of carbonyl (C=O) groups is 2. The summed E-state index contributed by atoms with van der Waals surface area (Å²) in [6.45, 7) is 4.80. The maximum atomic E-state index is 14.0. The van der Waals surface area contributed by atoms with Gasteiger partial charge in [0.1, 0.15) is 0 Å². The average molecular weight is 497 g/mol. The minimum Gasteiger partial charge on any atom is -0.345 e. The van der Waals surface area contributed by atoms with Gasteiger partial charge in [0.25, 0.3) is 0 Å². The van der Waals surface area contributed by atoms with Crippen LogP contribution < -0.4 is 5.32 Å². The van der Waals surface area contributed by atoms with E-state index in [9.17, 15) is 9.59 Å². The fourth-order valence-electron chi connectivity index (χ4n) is 9.06. The van der Waals surface area contributed by atoms with Gasteiger partial charge in [-0.2, -0.15) is 0 Å². The summed E-state index contributed by atoms with van der Waals surface area (Å²) in [5.74, 6) is 2.19. The van der Waals surface area contributed by atoms with Crippen LogP contribution in [0.2, 0.25) is 0 Å². The van der Waals surface area contributed by atoms with E-state index in [1.54, 1.807) is 0 Å². The molecule has 1 aliphatic heterocycles. The Hall–Kier alpha value is -2.88. The van der Waals surface area contributed by atoms with Gasteiger partial charge in [0.2, 0.25) is 11.8 Å². The Morgan fingerprint density at radius 3 is 2.19 bits per heavy atom. The molecule has 6 rings (SSSR count). The molecule has 3 aliphatic carbocycles. The van der Waals surface area contributed by atoms with Crippen LogP contribution in [0.4, 0.5) is 0 Å². The number of nitrogens with zero attached hydrogens (tertiary/aromatic N) is 1. The molecule has 2 amide bonds. The SMILES string of the molecule is CN1C(=O)C=C[C@@]2(C)C1CC[C@@H]1[C@H]2CC[C@]2(C)C(C(=O)NC(c3ccccc3)c3ccccc3)CC[C@@H]12. The van der Waals surface area contributed by atoms with Crippen molar-refractivity contribution in [3.63, 3.8) is 0 Å². The highest BCUT2D eigenvalue weighted by molar-refractivity contribution is 5.89. The van der Waals surface area contributed by atoms with Crippen LogP contribution in [-0.2, 0) is 9.59 Å². The summed E-state index contributed by atoms with van der Waals surface area (Å²) >= 11 is 0. The first-order valence-electron chi connectivity index (χ1n) is 14.2. The first kappa shape index (κ1) is 24.5. The van der Waals surface area contributed by atoms with Crippen molar-refractivity contribution in [2.24, 2.45) is 34.5 Å². The zero-order chi connectivity index (χ0) is 25.8. The third-order valence-corrected chi connectivity index (χ3v) is 11.0. The summed E-state index contributed by atoms with van der Waals surface area (Å²) in [5.41, 5.74) is 2.32. The Morgan fingerprint density at radius 2 is 1.54 bits per heavy atom. The molecule has 0 spiro atoms. The predicted octanol–water partition coefficient (Wildman–Crippen LogP) is 6.15. The van der Waals surface area contributed by atoms with Crippen LogP contribution in [0.1, 0.15) is 69.5 Å². The number of amides is 2. The van der Waals surface area contributed by atoms with Crippen molar-refractivity contribution in [1.82, 2.24) is 10.2 Å². The van der Waals surface area contributed by atoms with E-state index in [1.165, 1.54) is 6.42 Å². The zero-order valence-corrected chi connectivity index (χ0v) is 22.4. The van der Waals surface area contributed by atoms with Crippen molar-refractivity contribution in [3.05, 3.63) is 83.9 Å². The van der Waals surface area contributed by atoms with E-state index in [4.69, 9.17) is 0 Å². The quantitative estimate of drug-likeness (QED) is 0.552. The molecule has 0 radical (unpaired) electrons. The van der Waals surface area contributed by atoms with E-state index in [0.717, 1.165) is 43.2 Å². The molecule has 4 heteroatoms. The fourth-order valence-corrected chi connectivity index (χ4v) is 9.06. The summed E-state index contributed by atoms with van der Waals surface area (Å²) in [6.07, 6.45) is 10.6. The van der Waals surface area contributed by atoms with Crippen molar-refractivity contribution < 1.29 is 9.59 Å². The lowest BCUT2D eigenvalue weighted by Crippen LogP contribution is -2.59. The Bertz CT molecular complexity index is 1150. The second-order valence-corrected chi connectivity index (χ2v) is 12.6. The summed E-state index contributed by atoms with van der Waals surface area (Å²) in [5, 5.41) is 3.49. The molecule has 3 fully saturated rings. The topological polar surface area (TPSA) is 49.4 Å². The standard InChI is InChI=1S/C33H40N2O2/c1-32-20-18-26-24(14-17-28-33(26,2)21-19-29(36)35(28)3)25(32)15-16-27(32)31(37)34-30(22-10-6-4-7-11-22)23-12-8-5-9-13-23/h4-13,19,21,24-28,30H,14-18,20H2,1-3H3,(H,34,37)/t24-,25-,26+,27?,28?,32-,33+/m0/s1. The van der Waals surface area contributed by atoms with Crippen molar-refractivity contribution in [3.8, 4) is 0 Å². The van der Waals surface area contributed by atoms with Crippen molar-refractivity contribution in [2.45, 2.75) is 64.5 Å². The Kier molecular flexibility index (Phi) is 6.05. The van der Waals surface area contributed by atoms with E-state index < -0.39 is 0 Å². The van der Waals surface area contributed by atoms with Gasteiger partial charge in [0.05, 0.1) is 6.04 Å².